The summed E-state index contributed by atoms with van der Waals surface area (Å²) in [4.78, 5) is 16.4. The molecular formula is C14H21N3O2. The van der Waals surface area contributed by atoms with Gasteiger partial charge in [0.2, 0.25) is 5.91 Å². The Bertz CT molecular complexity index is 459. The number of nitrogens with zero attached hydrogens (tertiary/aromatic N) is 2. The third-order valence-corrected chi connectivity index (χ3v) is 3.96. The van der Waals surface area contributed by atoms with E-state index < -0.39 is 0 Å². The van der Waals surface area contributed by atoms with Gasteiger partial charge in [-0.25, -0.2) is 4.98 Å². The van der Waals surface area contributed by atoms with Gasteiger partial charge in [0.1, 0.15) is 5.82 Å². The van der Waals surface area contributed by atoms with Crippen LogP contribution in [0.15, 0.2) is 6.20 Å². The summed E-state index contributed by atoms with van der Waals surface area (Å²) in [5.74, 6) is 2.01. The van der Waals surface area contributed by atoms with Crippen LogP contribution in [0.1, 0.15) is 36.7 Å². The zero-order chi connectivity index (χ0) is 13.2. The lowest BCUT2D eigenvalue weighted by molar-refractivity contribution is -0.124. The molecular weight excluding hydrogens is 242 g/mol. The van der Waals surface area contributed by atoms with Crippen LogP contribution in [0.4, 0.5) is 0 Å². The molecule has 1 aromatic heterocycles. The van der Waals surface area contributed by atoms with E-state index in [1.165, 1.54) is 24.4 Å². The lowest BCUT2D eigenvalue weighted by atomic mass is 10.1. The molecule has 0 radical (unpaired) electrons. The fourth-order valence-corrected chi connectivity index (χ4v) is 2.61. The number of aryl methyl sites for hydroxylation is 1. The van der Waals surface area contributed by atoms with Crippen molar-refractivity contribution in [3.8, 4) is 0 Å². The summed E-state index contributed by atoms with van der Waals surface area (Å²) in [5.41, 5.74) is 1.18. The van der Waals surface area contributed by atoms with Gasteiger partial charge in [0.05, 0.1) is 12.5 Å². The van der Waals surface area contributed by atoms with E-state index in [2.05, 4.69) is 21.8 Å². The first-order valence-electron chi connectivity index (χ1n) is 7.13. The topological polar surface area (TPSA) is 56.2 Å². The van der Waals surface area contributed by atoms with E-state index in [9.17, 15) is 4.79 Å². The minimum Gasteiger partial charge on any atom is -0.381 e. The number of hydrogen-bond donors (Lipinski definition) is 1. The Balaban J connectivity index is 1.51. The minimum atomic E-state index is 0.0480. The van der Waals surface area contributed by atoms with Crippen LogP contribution in [0.5, 0.6) is 0 Å². The van der Waals surface area contributed by atoms with E-state index in [0.29, 0.717) is 25.7 Å². The maximum atomic E-state index is 11.9. The van der Waals surface area contributed by atoms with Crippen molar-refractivity contribution in [3.05, 3.63) is 17.7 Å². The van der Waals surface area contributed by atoms with Crippen LogP contribution in [0.2, 0.25) is 0 Å². The molecule has 5 heteroatoms. The monoisotopic (exact) mass is 263 g/mol. The van der Waals surface area contributed by atoms with Gasteiger partial charge in [0.25, 0.3) is 0 Å². The van der Waals surface area contributed by atoms with Gasteiger partial charge in [0.15, 0.2) is 0 Å². The first kappa shape index (κ1) is 12.7. The largest absolute Gasteiger partial charge is 0.381 e. The number of amides is 1. The summed E-state index contributed by atoms with van der Waals surface area (Å²) in [6.45, 7) is 4.85. The molecule has 0 aromatic carbocycles. The molecule has 19 heavy (non-hydrogen) atoms. The zero-order valence-electron chi connectivity index (χ0n) is 11.4. The van der Waals surface area contributed by atoms with Crippen molar-refractivity contribution in [3.63, 3.8) is 0 Å². The molecule has 1 saturated heterocycles. The van der Waals surface area contributed by atoms with Crippen LogP contribution >= 0.6 is 0 Å². The van der Waals surface area contributed by atoms with Crippen molar-refractivity contribution in [2.24, 2.45) is 5.92 Å². The lowest BCUT2D eigenvalue weighted by Crippen LogP contribution is -2.33. The molecule has 1 aliphatic heterocycles. The highest BCUT2D eigenvalue weighted by Crippen LogP contribution is 2.39. The molecule has 1 aliphatic carbocycles. The Labute approximate surface area is 113 Å². The first-order chi connectivity index (χ1) is 9.25. The molecule has 2 aliphatic rings. The molecule has 1 unspecified atom stereocenters. The molecule has 3 rings (SSSR count). The van der Waals surface area contributed by atoms with Crippen LogP contribution in [-0.2, 0) is 16.1 Å². The highest BCUT2D eigenvalue weighted by Gasteiger charge is 2.28. The summed E-state index contributed by atoms with van der Waals surface area (Å²) >= 11 is 0. The van der Waals surface area contributed by atoms with Gasteiger partial charge in [-0.2, -0.15) is 0 Å². The molecule has 2 fully saturated rings. The number of ether oxygens (including phenoxy) is 1. The van der Waals surface area contributed by atoms with Crippen molar-refractivity contribution in [2.75, 3.05) is 19.8 Å². The van der Waals surface area contributed by atoms with E-state index >= 15 is 0 Å². The number of imidazole rings is 1. The van der Waals surface area contributed by atoms with Gasteiger partial charge >= 0.3 is 0 Å². The van der Waals surface area contributed by atoms with Gasteiger partial charge in [-0.3, -0.25) is 4.79 Å². The number of hydrogen-bond acceptors (Lipinski definition) is 3. The van der Waals surface area contributed by atoms with Gasteiger partial charge in [-0.1, -0.05) is 0 Å². The van der Waals surface area contributed by atoms with Gasteiger partial charge in [-0.15, -0.1) is 0 Å². The maximum Gasteiger partial charge on any atom is 0.225 e. The number of carbonyl (C=O) groups is 1. The highest BCUT2D eigenvalue weighted by molar-refractivity contribution is 5.78. The fraction of sp³-hybridized carbons (Fsp3) is 0.714. The number of carbonyl (C=O) groups excluding carboxylic acids is 1. The molecule has 2 heterocycles. The van der Waals surface area contributed by atoms with Crippen molar-refractivity contribution in [1.82, 2.24) is 14.9 Å². The molecule has 104 valence electrons. The molecule has 5 nitrogen and oxygen atoms in total. The average molecular weight is 263 g/mol. The Morgan fingerprint density at radius 1 is 1.53 bits per heavy atom. The van der Waals surface area contributed by atoms with Crippen LogP contribution in [0.3, 0.4) is 0 Å². The van der Waals surface area contributed by atoms with Gasteiger partial charge in [-0.05, 0) is 26.2 Å². The smallest absolute Gasteiger partial charge is 0.225 e. The van der Waals surface area contributed by atoms with Crippen LogP contribution in [0.25, 0.3) is 0 Å². The Morgan fingerprint density at radius 3 is 3.05 bits per heavy atom. The summed E-state index contributed by atoms with van der Waals surface area (Å²) in [6, 6.07) is 0. The molecule has 1 aromatic rings. The third kappa shape index (κ3) is 2.81. The van der Waals surface area contributed by atoms with Crippen LogP contribution in [0, 0.1) is 12.8 Å². The Morgan fingerprint density at radius 2 is 2.37 bits per heavy atom. The van der Waals surface area contributed by atoms with E-state index in [4.69, 9.17) is 4.74 Å². The molecule has 0 spiro atoms. The van der Waals surface area contributed by atoms with E-state index in [0.717, 1.165) is 13.0 Å². The summed E-state index contributed by atoms with van der Waals surface area (Å²) in [5, 5.41) is 3.01. The predicted octanol–water partition coefficient (Wildman–Crippen LogP) is 1.22. The number of rotatable bonds is 5. The van der Waals surface area contributed by atoms with E-state index in [1.54, 1.807) is 0 Å². The highest BCUT2D eigenvalue weighted by atomic mass is 16.5. The Kier molecular flexibility index (Phi) is 3.55. The predicted molar refractivity (Wildman–Crippen MR) is 70.9 cm³/mol. The molecule has 1 saturated carbocycles. The lowest BCUT2D eigenvalue weighted by Gasteiger charge is -2.12. The van der Waals surface area contributed by atoms with Gasteiger partial charge in [0, 0.05) is 37.5 Å². The minimum absolute atomic E-state index is 0.0480. The standard InChI is InChI=1S/C14H21N3O2/c1-10-8-16-13(11-2-3-11)17(10)6-5-15-14(18)12-4-7-19-9-12/h8,11-12H,2-7,9H2,1H3,(H,15,18). The normalized spacial score (nSPS) is 22.7. The SMILES string of the molecule is Cc1cnc(C2CC2)n1CCNC(=O)C1CCOC1. The molecule has 1 amide bonds. The summed E-state index contributed by atoms with van der Waals surface area (Å²) < 4.78 is 7.47. The summed E-state index contributed by atoms with van der Waals surface area (Å²) in [6.07, 6.45) is 5.29. The van der Waals surface area contributed by atoms with E-state index in [-0.39, 0.29) is 11.8 Å². The quantitative estimate of drug-likeness (QED) is 0.869. The molecule has 1 atom stereocenters. The van der Waals surface area contributed by atoms with Crippen molar-refractivity contribution in [1.29, 1.82) is 0 Å². The first-order valence-corrected chi connectivity index (χ1v) is 7.13. The second-order valence-corrected chi connectivity index (χ2v) is 5.54. The third-order valence-electron chi connectivity index (χ3n) is 3.96. The molecule has 1 N–H and O–H groups in total. The average Bonchev–Trinajstić information content (AvgIpc) is 2.97. The van der Waals surface area contributed by atoms with Crippen molar-refractivity contribution >= 4 is 5.91 Å². The number of nitrogens with one attached hydrogen (secondary N) is 1. The summed E-state index contributed by atoms with van der Waals surface area (Å²) in [7, 11) is 0. The Hall–Kier alpha value is -1.36. The number of aromatic nitrogens is 2. The van der Waals surface area contributed by atoms with Crippen LogP contribution in [-0.4, -0.2) is 35.2 Å². The van der Waals surface area contributed by atoms with Crippen LogP contribution < -0.4 is 5.32 Å². The second kappa shape index (κ2) is 5.33. The van der Waals surface area contributed by atoms with Crippen molar-refractivity contribution in [2.45, 2.75) is 38.6 Å². The molecule has 0 bridgehead atoms. The fourth-order valence-electron chi connectivity index (χ4n) is 2.61. The van der Waals surface area contributed by atoms with Gasteiger partial charge < -0.3 is 14.6 Å². The van der Waals surface area contributed by atoms with E-state index in [1.807, 2.05) is 6.20 Å². The van der Waals surface area contributed by atoms with Crippen molar-refractivity contribution < 1.29 is 9.53 Å². The second-order valence-electron chi connectivity index (χ2n) is 5.54. The maximum absolute atomic E-state index is 11.9. The zero-order valence-corrected chi connectivity index (χ0v) is 11.4.